The molecule has 0 spiro atoms. The molecule has 1 unspecified atom stereocenters. The maximum Gasteiger partial charge on any atom is 0.0686 e. The van der Waals surface area contributed by atoms with Crippen molar-refractivity contribution in [1.82, 2.24) is 15.0 Å². The normalized spacial score (nSPS) is 22.1. The monoisotopic (exact) mass is 572 g/mol. The van der Waals surface area contributed by atoms with Crippen LogP contribution < -0.4 is 0 Å². The van der Waals surface area contributed by atoms with E-state index < -0.39 is 0 Å². The van der Waals surface area contributed by atoms with E-state index in [0.717, 1.165) is 56.4 Å². The first kappa shape index (κ1) is 29.3. The van der Waals surface area contributed by atoms with Gasteiger partial charge in [0, 0.05) is 45.2 Å². The van der Waals surface area contributed by atoms with Gasteiger partial charge in [-0.15, -0.1) is 0 Å². The Kier molecular flexibility index (Phi) is 7.75. The first-order chi connectivity index (χ1) is 20.9. The standard InChI is InChI=1S/C39H48N4/c1-7-28-29-18-20-31(40-29)37(8-2,9-3)33-22-24-35(42-33)39(12-6,26-27-16-14-13-15-17-27)36-25-23-34(43-36)38(10-4,11-5)32-21-19-30(28)41-32/h13-25,40,42-43H,7-12,26H2,1-6H3/b30-28-. The van der Waals surface area contributed by atoms with Crippen molar-refractivity contribution in [2.45, 2.75) is 103 Å². The van der Waals surface area contributed by atoms with Crippen molar-refractivity contribution in [3.63, 3.8) is 0 Å². The Balaban J connectivity index is 1.66. The lowest BCUT2D eigenvalue weighted by molar-refractivity contribution is 0.438. The zero-order valence-electron chi connectivity index (χ0n) is 26.9. The third-order valence-electron chi connectivity index (χ3n) is 11.1. The second kappa shape index (κ2) is 11.4. The third-order valence-corrected chi connectivity index (χ3v) is 11.1. The van der Waals surface area contributed by atoms with E-state index in [1.54, 1.807) is 0 Å². The fraction of sp³-hybridized carbons (Fsp3) is 0.410. The molecule has 6 rings (SSSR count). The molecule has 4 aromatic rings. The quantitative estimate of drug-likeness (QED) is 0.188. The van der Waals surface area contributed by atoms with Crippen LogP contribution in [0.3, 0.4) is 0 Å². The molecular weight excluding hydrogens is 524 g/mol. The van der Waals surface area contributed by atoms with Crippen molar-refractivity contribution in [1.29, 1.82) is 0 Å². The van der Waals surface area contributed by atoms with Crippen molar-refractivity contribution in [3.05, 3.63) is 124 Å². The topological polar surface area (TPSA) is 59.7 Å². The average molecular weight is 573 g/mol. The summed E-state index contributed by atoms with van der Waals surface area (Å²) in [6, 6.07) is 25.0. The third kappa shape index (κ3) is 4.44. The Morgan fingerprint density at radius 2 is 1.05 bits per heavy atom. The Hall–Kier alpha value is -3.79. The number of rotatable bonds is 8. The van der Waals surface area contributed by atoms with E-state index in [1.165, 1.54) is 45.3 Å². The number of aliphatic imine (C=N–C) groups is 1. The summed E-state index contributed by atoms with van der Waals surface area (Å²) < 4.78 is 0. The van der Waals surface area contributed by atoms with Crippen LogP contribution in [-0.2, 0) is 22.7 Å². The molecule has 5 heterocycles. The summed E-state index contributed by atoms with van der Waals surface area (Å²) in [4.78, 5) is 17.4. The summed E-state index contributed by atoms with van der Waals surface area (Å²) in [6.07, 6.45) is 11.3. The number of hydrogen-bond donors (Lipinski definition) is 3. The van der Waals surface area contributed by atoms with Crippen LogP contribution in [0, 0.1) is 0 Å². The first-order valence-electron chi connectivity index (χ1n) is 16.6. The predicted octanol–water partition coefficient (Wildman–Crippen LogP) is 9.92. The van der Waals surface area contributed by atoms with Crippen molar-refractivity contribution >= 4 is 11.3 Å². The van der Waals surface area contributed by atoms with Crippen LogP contribution in [0.2, 0.25) is 0 Å². The van der Waals surface area contributed by atoms with E-state index in [9.17, 15) is 0 Å². The van der Waals surface area contributed by atoms with Crippen LogP contribution >= 0.6 is 0 Å². The lowest BCUT2D eigenvalue weighted by Gasteiger charge is -2.35. The number of aromatic amines is 3. The van der Waals surface area contributed by atoms with Crippen molar-refractivity contribution in [2.75, 3.05) is 0 Å². The molecule has 4 nitrogen and oxygen atoms in total. The molecule has 4 heteroatoms. The smallest absolute Gasteiger partial charge is 0.0686 e. The van der Waals surface area contributed by atoms with E-state index in [-0.39, 0.29) is 16.2 Å². The maximum atomic E-state index is 5.38. The molecule has 2 aliphatic heterocycles. The number of benzene rings is 1. The van der Waals surface area contributed by atoms with E-state index in [1.807, 2.05) is 0 Å². The molecule has 1 atom stereocenters. The Morgan fingerprint density at radius 3 is 1.60 bits per heavy atom. The first-order valence-corrected chi connectivity index (χ1v) is 16.6. The lowest BCUT2D eigenvalue weighted by Crippen LogP contribution is -2.35. The molecule has 3 aromatic heterocycles. The highest BCUT2D eigenvalue weighted by molar-refractivity contribution is 6.07. The minimum Gasteiger partial charge on any atom is -0.361 e. The highest BCUT2D eigenvalue weighted by Crippen LogP contribution is 2.45. The number of hydrogen-bond acceptors (Lipinski definition) is 1. The fourth-order valence-electron chi connectivity index (χ4n) is 8.14. The molecule has 43 heavy (non-hydrogen) atoms. The summed E-state index contributed by atoms with van der Waals surface area (Å²) >= 11 is 0. The highest BCUT2D eigenvalue weighted by Gasteiger charge is 2.42. The summed E-state index contributed by atoms with van der Waals surface area (Å²) in [5.41, 5.74) is 11.9. The van der Waals surface area contributed by atoms with Gasteiger partial charge in [0.2, 0.25) is 0 Å². The second-order valence-corrected chi connectivity index (χ2v) is 12.6. The SMILES string of the molecule is CC/C1=C2\C=CC(=N2)C(CC)(CC)c2ccc([nH]2)C(CC)(Cc2ccccc2)c2ccc([nH]2)C(CC)(CC)c2ccc1[nH]2. The number of nitrogens with zero attached hydrogens (tertiary/aromatic N) is 1. The van der Waals surface area contributed by atoms with Crippen LogP contribution in [0.15, 0.2) is 89.6 Å². The molecule has 0 aliphatic carbocycles. The molecule has 0 saturated heterocycles. The van der Waals surface area contributed by atoms with Crippen LogP contribution in [0.5, 0.6) is 0 Å². The summed E-state index contributed by atoms with van der Waals surface area (Å²) in [7, 11) is 0. The number of nitrogens with one attached hydrogen (secondary N) is 3. The summed E-state index contributed by atoms with van der Waals surface area (Å²) in [6.45, 7) is 13.8. The predicted molar refractivity (Wildman–Crippen MR) is 181 cm³/mol. The van der Waals surface area contributed by atoms with Crippen LogP contribution in [-0.4, -0.2) is 20.7 Å². The van der Waals surface area contributed by atoms with Gasteiger partial charge in [-0.05, 0) is 99.1 Å². The molecule has 0 saturated carbocycles. The number of fused-ring (bicyclic) bond motifs is 7. The Bertz CT molecular complexity index is 1660. The van der Waals surface area contributed by atoms with Gasteiger partial charge in [0.05, 0.1) is 22.2 Å². The van der Waals surface area contributed by atoms with Gasteiger partial charge in [0.25, 0.3) is 0 Å². The van der Waals surface area contributed by atoms with E-state index in [4.69, 9.17) is 4.99 Å². The van der Waals surface area contributed by atoms with Crippen LogP contribution in [0.25, 0.3) is 5.57 Å². The molecule has 0 radical (unpaired) electrons. The van der Waals surface area contributed by atoms with Crippen molar-refractivity contribution in [3.8, 4) is 0 Å². The van der Waals surface area contributed by atoms with Gasteiger partial charge >= 0.3 is 0 Å². The highest BCUT2D eigenvalue weighted by atomic mass is 14.9. The summed E-state index contributed by atoms with van der Waals surface area (Å²) in [5, 5.41) is 0. The minimum absolute atomic E-state index is 0.135. The molecule has 1 aromatic carbocycles. The molecule has 2 aliphatic rings. The van der Waals surface area contributed by atoms with Gasteiger partial charge in [-0.1, -0.05) is 71.9 Å². The lowest BCUT2D eigenvalue weighted by atomic mass is 9.73. The van der Waals surface area contributed by atoms with Gasteiger partial charge < -0.3 is 15.0 Å². The fourth-order valence-corrected chi connectivity index (χ4v) is 8.14. The van der Waals surface area contributed by atoms with Gasteiger partial charge in [0.1, 0.15) is 0 Å². The Morgan fingerprint density at radius 1 is 0.535 bits per heavy atom. The number of allylic oxidation sites excluding steroid dienone is 3. The van der Waals surface area contributed by atoms with E-state index in [0.29, 0.717) is 0 Å². The molecule has 3 N–H and O–H groups in total. The van der Waals surface area contributed by atoms with Crippen LogP contribution in [0.4, 0.5) is 0 Å². The van der Waals surface area contributed by atoms with Gasteiger partial charge in [-0.3, -0.25) is 4.99 Å². The zero-order chi connectivity index (χ0) is 30.2. The largest absolute Gasteiger partial charge is 0.361 e. The molecular formula is C39H48N4. The Labute approximate surface area is 257 Å². The molecule has 224 valence electrons. The van der Waals surface area contributed by atoms with Gasteiger partial charge in [-0.25, -0.2) is 0 Å². The second-order valence-electron chi connectivity index (χ2n) is 12.6. The van der Waals surface area contributed by atoms with Crippen molar-refractivity contribution in [2.24, 2.45) is 4.99 Å². The number of H-pyrrole nitrogens is 3. The van der Waals surface area contributed by atoms with E-state index in [2.05, 4.69) is 135 Å². The zero-order valence-corrected chi connectivity index (χ0v) is 26.9. The molecule has 0 amide bonds. The van der Waals surface area contributed by atoms with E-state index >= 15 is 0 Å². The summed E-state index contributed by atoms with van der Waals surface area (Å²) in [5.74, 6) is 0. The number of aromatic nitrogens is 3. The molecule has 0 fully saturated rings. The maximum absolute atomic E-state index is 5.38. The van der Waals surface area contributed by atoms with Gasteiger partial charge in [0.15, 0.2) is 0 Å². The van der Waals surface area contributed by atoms with Gasteiger partial charge in [-0.2, -0.15) is 0 Å². The van der Waals surface area contributed by atoms with Crippen LogP contribution in [0.1, 0.15) is 120 Å². The van der Waals surface area contributed by atoms with Crippen molar-refractivity contribution < 1.29 is 0 Å². The minimum atomic E-state index is -0.232. The average Bonchev–Trinajstić information content (AvgIpc) is 3.87. The molecule has 8 bridgehead atoms.